The van der Waals surface area contributed by atoms with Crippen molar-refractivity contribution in [2.75, 3.05) is 6.54 Å². The van der Waals surface area contributed by atoms with Crippen molar-refractivity contribution in [3.63, 3.8) is 0 Å². The zero-order valence-corrected chi connectivity index (χ0v) is 16.0. The highest BCUT2D eigenvalue weighted by atomic mass is 16.2. The summed E-state index contributed by atoms with van der Waals surface area (Å²) in [5.74, 6) is 0.130. The second-order valence-corrected chi connectivity index (χ2v) is 6.94. The number of amides is 1. The third kappa shape index (κ3) is 3.56. The van der Waals surface area contributed by atoms with Gasteiger partial charge in [-0.1, -0.05) is 78.9 Å². The third-order valence-corrected chi connectivity index (χ3v) is 5.22. The number of carbonyl (C=O) groups excluding carboxylic acids is 1. The normalized spacial score (nSPS) is 11.1. The molecule has 0 spiro atoms. The second kappa shape index (κ2) is 8.13. The van der Waals surface area contributed by atoms with Crippen LogP contribution in [0.4, 0.5) is 0 Å². The monoisotopic (exact) mass is 368 g/mol. The summed E-state index contributed by atoms with van der Waals surface area (Å²) in [7, 11) is 0. The molecule has 1 aromatic heterocycles. The molecule has 0 aliphatic rings. The summed E-state index contributed by atoms with van der Waals surface area (Å²) < 4.78 is 0. The van der Waals surface area contributed by atoms with Crippen LogP contribution in [0.2, 0.25) is 0 Å². The minimum absolute atomic E-state index is 0.0925. The number of aromatic nitrogens is 1. The SMILES string of the molecule is CCN(C(=O)Cc1c[nH]c2ccccc12)C(c1ccccc1)c1ccccc1. The van der Waals surface area contributed by atoms with E-state index in [4.69, 9.17) is 0 Å². The van der Waals surface area contributed by atoms with Crippen LogP contribution in [-0.4, -0.2) is 22.3 Å². The Bertz CT molecular complexity index is 1010. The Kier molecular flexibility index (Phi) is 5.24. The van der Waals surface area contributed by atoms with E-state index in [-0.39, 0.29) is 11.9 Å². The molecule has 0 saturated heterocycles. The topological polar surface area (TPSA) is 36.1 Å². The van der Waals surface area contributed by atoms with Crippen LogP contribution < -0.4 is 0 Å². The van der Waals surface area contributed by atoms with Crippen molar-refractivity contribution in [1.82, 2.24) is 9.88 Å². The first-order valence-electron chi connectivity index (χ1n) is 9.72. The van der Waals surface area contributed by atoms with Gasteiger partial charge in [-0.05, 0) is 29.7 Å². The first-order chi connectivity index (χ1) is 13.8. The van der Waals surface area contributed by atoms with Gasteiger partial charge in [0.15, 0.2) is 0 Å². The molecule has 4 aromatic rings. The molecule has 0 aliphatic heterocycles. The standard InChI is InChI=1S/C25H24N2O/c1-2-27(24(28)17-21-18-26-23-16-10-9-15-22(21)23)25(19-11-5-3-6-12-19)20-13-7-4-8-14-20/h3-16,18,25-26H,2,17H2,1H3. The van der Waals surface area contributed by atoms with Crippen molar-refractivity contribution >= 4 is 16.8 Å². The predicted octanol–water partition coefficient (Wildman–Crippen LogP) is 5.35. The lowest BCUT2D eigenvalue weighted by atomic mass is 9.96. The summed E-state index contributed by atoms with van der Waals surface area (Å²) in [6.07, 6.45) is 2.34. The predicted molar refractivity (Wildman–Crippen MR) is 114 cm³/mol. The van der Waals surface area contributed by atoms with Crippen molar-refractivity contribution in [1.29, 1.82) is 0 Å². The van der Waals surface area contributed by atoms with E-state index in [1.54, 1.807) is 0 Å². The summed E-state index contributed by atoms with van der Waals surface area (Å²) in [6, 6.07) is 28.6. The highest BCUT2D eigenvalue weighted by molar-refractivity contribution is 5.89. The van der Waals surface area contributed by atoms with E-state index in [0.29, 0.717) is 13.0 Å². The summed E-state index contributed by atoms with van der Waals surface area (Å²) in [5, 5.41) is 1.11. The summed E-state index contributed by atoms with van der Waals surface area (Å²) in [4.78, 5) is 18.6. The fourth-order valence-electron chi connectivity index (χ4n) is 3.87. The molecule has 0 aliphatic carbocycles. The first kappa shape index (κ1) is 18.1. The van der Waals surface area contributed by atoms with Gasteiger partial charge in [0.1, 0.15) is 0 Å². The van der Waals surface area contributed by atoms with Gasteiger partial charge < -0.3 is 9.88 Å². The summed E-state index contributed by atoms with van der Waals surface area (Å²) in [5.41, 5.74) is 4.36. The summed E-state index contributed by atoms with van der Waals surface area (Å²) >= 11 is 0. The fourth-order valence-corrected chi connectivity index (χ4v) is 3.87. The maximum atomic E-state index is 13.4. The molecule has 0 unspecified atom stereocenters. The van der Waals surface area contributed by atoms with Gasteiger partial charge in [0.05, 0.1) is 12.5 Å². The molecule has 1 N–H and O–H groups in total. The van der Waals surface area contributed by atoms with Crippen molar-refractivity contribution in [2.24, 2.45) is 0 Å². The van der Waals surface area contributed by atoms with Crippen LogP contribution in [0.5, 0.6) is 0 Å². The minimum atomic E-state index is -0.0925. The van der Waals surface area contributed by atoms with Gasteiger partial charge in [0.2, 0.25) is 5.91 Å². The molecule has 1 amide bonds. The van der Waals surface area contributed by atoms with E-state index in [1.807, 2.05) is 72.6 Å². The van der Waals surface area contributed by atoms with E-state index in [1.165, 1.54) is 0 Å². The van der Waals surface area contributed by atoms with Crippen LogP contribution in [0.25, 0.3) is 10.9 Å². The lowest BCUT2D eigenvalue weighted by Crippen LogP contribution is -2.36. The number of H-pyrrole nitrogens is 1. The van der Waals surface area contributed by atoms with Crippen LogP contribution in [-0.2, 0) is 11.2 Å². The number of hydrogen-bond donors (Lipinski definition) is 1. The zero-order chi connectivity index (χ0) is 19.3. The molecule has 28 heavy (non-hydrogen) atoms. The van der Waals surface area contributed by atoms with E-state index in [9.17, 15) is 4.79 Å². The fraction of sp³-hybridized carbons (Fsp3) is 0.160. The number of aromatic amines is 1. The molecule has 3 aromatic carbocycles. The zero-order valence-electron chi connectivity index (χ0n) is 16.0. The number of carbonyl (C=O) groups is 1. The Morgan fingerprint density at radius 3 is 2.04 bits per heavy atom. The van der Waals surface area contributed by atoms with E-state index in [0.717, 1.165) is 27.6 Å². The molecule has 0 bridgehead atoms. The van der Waals surface area contributed by atoms with Crippen molar-refractivity contribution in [2.45, 2.75) is 19.4 Å². The highest BCUT2D eigenvalue weighted by Crippen LogP contribution is 2.29. The van der Waals surface area contributed by atoms with Gasteiger partial charge in [0.25, 0.3) is 0 Å². The Labute approximate surface area is 165 Å². The maximum Gasteiger partial charge on any atom is 0.227 e. The first-order valence-corrected chi connectivity index (χ1v) is 9.72. The summed E-state index contributed by atoms with van der Waals surface area (Å²) in [6.45, 7) is 2.70. The number of nitrogens with zero attached hydrogens (tertiary/aromatic N) is 1. The van der Waals surface area contributed by atoms with Crippen LogP contribution in [0.3, 0.4) is 0 Å². The van der Waals surface area contributed by atoms with Gasteiger partial charge in [-0.3, -0.25) is 4.79 Å². The quantitative estimate of drug-likeness (QED) is 0.489. The Morgan fingerprint density at radius 2 is 1.43 bits per heavy atom. The Morgan fingerprint density at radius 1 is 0.857 bits per heavy atom. The van der Waals surface area contributed by atoms with Gasteiger partial charge in [-0.2, -0.15) is 0 Å². The molecule has 140 valence electrons. The molecule has 1 heterocycles. The average Bonchev–Trinajstić information content (AvgIpc) is 3.16. The molecular formula is C25H24N2O. The molecule has 0 atom stereocenters. The molecule has 0 radical (unpaired) electrons. The molecule has 4 rings (SSSR count). The molecule has 3 heteroatoms. The molecule has 3 nitrogen and oxygen atoms in total. The van der Waals surface area contributed by atoms with E-state index >= 15 is 0 Å². The molecule has 0 fully saturated rings. The number of nitrogens with one attached hydrogen (secondary N) is 1. The van der Waals surface area contributed by atoms with Crippen molar-refractivity contribution in [3.05, 3.63) is 108 Å². The van der Waals surface area contributed by atoms with Gasteiger partial charge in [0, 0.05) is 23.6 Å². The van der Waals surface area contributed by atoms with E-state index < -0.39 is 0 Å². The van der Waals surface area contributed by atoms with Crippen molar-refractivity contribution in [3.8, 4) is 0 Å². The molecular weight excluding hydrogens is 344 g/mol. The highest BCUT2D eigenvalue weighted by Gasteiger charge is 2.26. The average molecular weight is 368 g/mol. The third-order valence-electron chi connectivity index (χ3n) is 5.22. The van der Waals surface area contributed by atoms with Crippen LogP contribution in [0, 0.1) is 0 Å². The smallest absolute Gasteiger partial charge is 0.227 e. The Balaban J connectivity index is 1.68. The second-order valence-electron chi connectivity index (χ2n) is 6.94. The number of para-hydroxylation sites is 1. The van der Waals surface area contributed by atoms with Crippen molar-refractivity contribution < 1.29 is 4.79 Å². The van der Waals surface area contributed by atoms with Gasteiger partial charge in [-0.25, -0.2) is 0 Å². The number of benzene rings is 3. The van der Waals surface area contributed by atoms with Crippen LogP contribution in [0.1, 0.15) is 29.7 Å². The largest absolute Gasteiger partial charge is 0.361 e. The lowest BCUT2D eigenvalue weighted by Gasteiger charge is -2.32. The Hall–Kier alpha value is -3.33. The molecule has 0 saturated carbocycles. The number of likely N-dealkylation sites (N-methyl/N-ethyl adjacent to an activating group) is 1. The lowest BCUT2D eigenvalue weighted by molar-refractivity contribution is -0.131. The van der Waals surface area contributed by atoms with Gasteiger partial charge in [-0.15, -0.1) is 0 Å². The van der Waals surface area contributed by atoms with Gasteiger partial charge >= 0.3 is 0 Å². The maximum absolute atomic E-state index is 13.4. The van der Waals surface area contributed by atoms with Crippen LogP contribution in [0.15, 0.2) is 91.1 Å². The number of hydrogen-bond acceptors (Lipinski definition) is 1. The minimum Gasteiger partial charge on any atom is -0.361 e. The van der Waals surface area contributed by atoms with E-state index in [2.05, 4.69) is 35.3 Å². The number of rotatable bonds is 6. The number of fused-ring (bicyclic) bond motifs is 1. The van der Waals surface area contributed by atoms with Crippen LogP contribution >= 0.6 is 0 Å².